The largest absolute Gasteiger partial charge is 0.349 e. The maximum Gasteiger partial charge on any atom is 0.270 e. The van der Waals surface area contributed by atoms with Crippen LogP contribution >= 0.6 is 0 Å². The fourth-order valence-corrected chi connectivity index (χ4v) is 4.79. The number of likely N-dealkylation sites (tertiary alicyclic amines) is 1. The molecule has 3 rings (SSSR count). The molecule has 11 heteroatoms. The molecule has 0 aliphatic carbocycles. The summed E-state index contributed by atoms with van der Waals surface area (Å²) in [6, 6.07) is 10.6. The van der Waals surface area contributed by atoms with E-state index < -0.39 is 14.9 Å². The van der Waals surface area contributed by atoms with Gasteiger partial charge in [0.1, 0.15) is 0 Å². The zero-order valence-corrected chi connectivity index (χ0v) is 19.9. The van der Waals surface area contributed by atoms with Crippen LogP contribution in [0.15, 0.2) is 53.4 Å². The summed E-state index contributed by atoms with van der Waals surface area (Å²) in [4.78, 5) is 36.6. The van der Waals surface area contributed by atoms with Crippen molar-refractivity contribution in [1.82, 2.24) is 10.2 Å². The number of nitrogens with zero attached hydrogens (tertiary/aromatic N) is 2. The molecule has 0 atom stereocenters. The van der Waals surface area contributed by atoms with Gasteiger partial charge < -0.3 is 10.2 Å². The average Bonchev–Trinajstić information content (AvgIpc) is 2.79. The van der Waals surface area contributed by atoms with E-state index in [0.29, 0.717) is 43.8 Å². The summed E-state index contributed by atoms with van der Waals surface area (Å²) < 4.78 is 27.5. The van der Waals surface area contributed by atoms with Crippen LogP contribution in [0.1, 0.15) is 43.5 Å². The van der Waals surface area contributed by atoms with Crippen LogP contribution in [-0.4, -0.2) is 49.2 Å². The molecule has 1 heterocycles. The monoisotopic (exact) mass is 488 g/mol. The number of benzene rings is 2. The number of carbonyl (C=O) groups is 2. The van der Waals surface area contributed by atoms with Crippen molar-refractivity contribution in [3.05, 3.63) is 64.2 Å². The molecular weight excluding hydrogens is 460 g/mol. The van der Waals surface area contributed by atoms with Gasteiger partial charge in [-0.2, -0.15) is 0 Å². The number of amides is 2. The van der Waals surface area contributed by atoms with Crippen LogP contribution in [-0.2, 0) is 14.8 Å². The van der Waals surface area contributed by atoms with Gasteiger partial charge in [0.2, 0.25) is 5.91 Å². The van der Waals surface area contributed by atoms with Crippen molar-refractivity contribution >= 4 is 33.2 Å². The number of nitro benzene ring substituents is 1. The zero-order chi connectivity index (χ0) is 24.9. The molecule has 182 valence electrons. The number of non-ortho nitro benzene ring substituents is 1. The first kappa shape index (κ1) is 25.2. The van der Waals surface area contributed by atoms with Gasteiger partial charge in [0, 0.05) is 48.9 Å². The lowest BCUT2D eigenvalue weighted by Gasteiger charge is -2.32. The van der Waals surface area contributed by atoms with Crippen molar-refractivity contribution in [2.45, 2.75) is 44.0 Å². The Kier molecular flexibility index (Phi) is 7.87. The second kappa shape index (κ2) is 10.6. The third-order valence-corrected chi connectivity index (χ3v) is 6.88. The van der Waals surface area contributed by atoms with Crippen LogP contribution in [0.3, 0.4) is 0 Å². The number of hydrogen-bond acceptors (Lipinski definition) is 6. The molecule has 2 aromatic rings. The SMILES string of the molecule is CC(C)CC(=O)N1CCC(NC(=O)c2ccc(NS(=O)(=O)c3cccc([N+](=O)[O-])c3)cc2)CC1. The average molecular weight is 489 g/mol. The maximum atomic E-state index is 12.6. The summed E-state index contributed by atoms with van der Waals surface area (Å²) in [5.41, 5.74) is 0.265. The van der Waals surface area contributed by atoms with Crippen LogP contribution in [0, 0.1) is 16.0 Å². The van der Waals surface area contributed by atoms with E-state index in [1.54, 1.807) is 0 Å². The minimum Gasteiger partial charge on any atom is -0.349 e. The fraction of sp³-hybridized carbons (Fsp3) is 0.391. The molecular formula is C23H28N4O6S. The third kappa shape index (κ3) is 6.53. The molecule has 10 nitrogen and oxygen atoms in total. The highest BCUT2D eigenvalue weighted by atomic mass is 32.2. The fourth-order valence-electron chi connectivity index (χ4n) is 3.69. The number of sulfonamides is 1. The summed E-state index contributed by atoms with van der Waals surface area (Å²) >= 11 is 0. The van der Waals surface area contributed by atoms with Crippen molar-refractivity contribution in [2.24, 2.45) is 5.92 Å². The second-order valence-electron chi connectivity index (χ2n) is 8.66. The van der Waals surface area contributed by atoms with Crippen molar-refractivity contribution < 1.29 is 22.9 Å². The summed E-state index contributed by atoms with van der Waals surface area (Å²) in [5.74, 6) is 0.173. The lowest BCUT2D eigenvalue weighted by Crippen LogP contribution is -2.46. The highest BCUT2D eigenvalue weighted by Gasteiger charge is 2.24. The van der Waals surface area contributed by atoms with E-state index in [1.165, 1.54) is 42.5 Å². The summed E-state index contributed by atoms with van der Waals surface area (Å²) in [6.45, 7) is 5.23. The molecule has 34 heavy (non-hydrogen) atoms. The van der Waals surface area contributed by atoms with Gasteiger partial charge >= 0.3 is 0 Å². The first-order valence-electron chi connectivity index (χ1n) is 11.0. The van der Waals surface area contributed by atoms with Crippen molar-refractivity contribution in [3.63, 3.8) is 0 Å². The van der Waals surface area contributed by atoms with Gasteiger partial charge in [0.05, 0.1) is 9.82 Å². The predicted octanol–water partition coefficient (Wildman–Crippen LogP) is 3.16. The summed E-state index contributed by atoms with van der Waals surface area (Å²) in [6.07, 6.45) is 1.88. The van der Waals surface area contributed by atoms with Crippen molar-refractivity contribution in [3.8, 4) is 0 Å². The predicted molar refractivity (Wildman–Crippen MR) is 127 cm³/mol. The van der Waals surface area contributed by atoms with Gasteiger partial charge in [-0.1, -0.05) is 19.9 Å². The normalized spacial score (nSPS) is 14.6. The summed E-state index contributed by atoms with van der Waals surface area (Å²) in [5, 5.41) is 13.9. The van der Waals surface area contributed by atoms with Crippen LogP contribution < -0.4 is 10.0 Å². The van der Waals surface area contributed by atoms with Crippen LogP contribution in [0.2, 0.25) is 0 Å². The van der Waals surface area contributed by atoms with Gasteiger partial charge in [0.15, 0.2) is 0 Å². The standard InChI is InChI=1S/C23H28N4O6S/c1-16(2)14-22(28)26-12-10-18(11-13-26)24-23(29)17-6-8-19(9-7-17)25-34(32,33)21-5-3-4-20(15-21)27(30)31/h3-9,15-16,18,25H,10-14H2,1-2H3,(H,24,29). The van der Waals surface area contributed by atoms with Gasteiger partial charge in [0.25, 0.3) is 21.6 Å². The Labute approximate surface area is 198 Å². The molecule has 0 unspecified atom stereocenters. The van der Waals surface area contributed by atoms with Crippen molar-refractivity contribution in [1.29, 1.82) is 0 Å². The molecule has 1 saturated heterocycles. The molecule has 0 spiro atoms. The lowest BCUT2D eigenvalue weighted by molar-refractivity contribution is -0.385. The number of nitrogens with one attached hydrogen (secondary N) is 2. The van der Waals surface area contributed by atoms with Gasteiger partial charge in [-0.15, -0.1) is 0 Å². The van der Waals surface area contributed by atoms with E-state index >= 15 is 0 Å². The smallest absolute Gasteiger partial charge is 0.270 e. The Hall–Kier alpha value is -3.47. The number of anilines is 1. The molecule has 2 amide bonds. The first-order chi connectivity index (χ1) is 16.0. The Balaban J connectivity index is 1.56. The zero-order valence-electron chi connectivity index (χ0n) is 19.1. The topological polar surface area (TPSA) is 139 Å². The third-order valence-electron chi connectivity index (χ3n) is 5.50. The molecule has 1 aliphatic heterocycles. The number of carbonyl (C=O) groups excluding carboxylic acids is 2. The lowest BCUT2D eigenvalue weighted by atomic mass is 10.0. The van der Waals surface area contributed by atoms with E-state index in [2.05, 4.69) is 10.0 Å². The molecule has 2 aromatic carbocycles. The van der Waals surface area contributed by atoms with Crippen LogP contribution in [0.4, 0.5) is 11.4 Å². The number of hydrogen-bond donors (Lipinski definition) is 2. The summed E-state index contributed by atoms with van der Waals surface area (Å²) in [7, 11) is -4.03. The Morgan fingerprint density at radius 1 is 1.12 bits per heavy atom. The minimum atomic E-state index is -4.03. The highest BCUT2D eigenvalue weighted by Crippen LogP contribution is 2.21. The van der Waals surface area contributed by atoms with E-state index in [9.17, 15) is 28.1 Å². The van der Waals surface area contributed by atoms with Crippen LogP contribution in [0.25, 0.3) is 0 Å². The molecule has 0 saturated carbocycles. The van der Waals surface area contributed by atoms with E-state index in [0.717, 1.165) is 6.07 Å². The van der Waals surface area contributed by atoms with E-state index in [4.69, 9.17) is 0 Å². The quantitative estimate of drug-likeness (QED) is 0.432. The molecule has 0 radical (unpaired) electrons. The molecule has 1 fully saturated rings. The first-order valence-corrected chi connectivity index (χ1v) is 12.5. The van der Waals surface area contributed by atoms with Gasteiger partial charge in [-0.05, 0) is 49.1 Å². The number of rotatable bonds is 8. The Morgan fingerprint density at radius 2 is 1.76 bits per heavy atom. The molecule has 0 aromatic heterocycles. The van der Waals surface area contributed by atoms with E-state index in [-0.39, 0.29) is 34.1 Å². The number of piperidine rings is 1. The van der Waals surface area contributed by atoms with Gasteiger partial charge in [-0.3, -0.25) is 24.4 Å². The van der Waals surface area contributed by atoms with E-state index in [1.807, 2.05) is 18.7 Å². The van der Waals surface area contributed by atoms with Crippen LogP contribution in [0.5, 0.6) is 0 Å². The Bertz CT molecular complexity index is 1160. The minimum absolute atomic E-state index is 0.0392. The maximum absolute atomic E-state index is 12.6. The molecule has 1 aliphatic rings. The Morgan fingerprint density at radius 3 is 2.35 bits per heavy atom. The highest BCUT2D eigenvalue weighted by molar-refractivity contribution is 7.92. The molecule has 2 N–H and O–H groups in total. The number of nitro groups is 1. The van der Waals surface area contributed by atoms with Gasteiger partial charge in [-0.25, -0.2) is 8.42 Å². The second-order valence-corrected chi connectivity index (χ2v) is 10.3. The van der Waals surface area contributed by atoms with Crippen molar-refractivity contribution in [2.75, 3.05) is 17.8 Å². The molecule has 0 bridgehead atoms.